The molecule has 0 unspecified atom stereocenters. The standard InChI is InChI=1S/C11H10F3N5/c12-11(13,14)9-3-8(6-1-2-6)19(18-9)10-16-4-7(15)5-17-10/h3-6H,1-2,15H2. The Bertz CT molecular complexity index is 598. The Kier molecular flexibility index (Phi) is 2.48. The molecule has 2 aromatic heterocycles. The lowest BCUT2D eigenvalue weighted by molar-refractivity contribution is -0.141. The maximum Gasteiger partial charge on any atom is 0.435 e. The third kappa shape index (κ3) is 2.25. The summed E-state index contributed by atoms with van der Waals surface area (Å²) in [4.78, 5) is 7.82. The molecule has 0 radical (unpaired) electrons. The molecular formula is C11H10F3N5. The minimum atomic E-state index is -4.47. The number of nitrogens with zero attached hydrogens (tertiary/aromatic N) is 4. The molecule has 0 bridgehead atoms. The predicted molar refractivity (Wildman–Crippen MR) is 60.5 cm³/mol. The lowest BCUT2D eigenvalue weighted by Crippen LogP contribution is -2.09. The van der Waals surface area contributed by atoms with Gasteiger partial charge < -0.3 is 5.73 Å². The highest BCUT2D eigenvalue weighted by Gasteiger charge is 2.38. The molecule has 2 aromatic rings. The molecule has 1 aliphatic carbocycles. The molecule has 2 N–H and O–H groups in total. The third-order valence-corrected chi connectivity index (χ3v) is 2.87. The van der Waals surface area contributed by atoms with E-state index in [1.54, 1.807) is 0 Å². The lowest BCUT2D eigenvalue weighted by atomic mass is 10.2. The highest BCUT2D eigenvalue weighted by molar-refractivity contribution is 5.34. The van der Waals surface area contributed by atoms with Gasteiger partial charge in [-0.2, -0.15) is 18.3 Å². The average Bonchev–Trinajstić information content (AvgIpc) is 3.08. The minimum Gasteiger partial charge on any atom is -0.396 e. The molecule has 100 valence electrons. The minimum absolute atomic E-state index is 0.102. The first kappa shape index (κ1) is 11.9. The van der Waals surface area contributed by atoms with Gasteiger partial charge in [-0.15, -0.1) is 0 Å². The monoisotopic (exact) mass is 269 g/mol. The van der Waals surface area contributed by atoms with Crippen molar-refractivity contribution in [1.82, 2.24) is 19.7 Å². The second kappa shape index (κ2) is 3.94. The topological polar surface area (TPSA) is 69.6 Å². The van der Waals surface area contributed by atoms with Crippen LogP contribution in [-0.4, -0.2) is 19.7 Å². The van der Waals surface area contributed by atoms with Crippen molar-refractivity contribution in [2.75, 3.05) is 5.73 Å². The number of hydrogen-bond acceptors (Lipinski definition) is 4. The normalized spacial score (nSPS) is 15.7. The van der Waals surface area contributed by atoms with Crippen molar-refractivity contribution in [1.29, 1.82) is 0 Å². The summed E-state index contributed by atoms with van der Waals surface area (Å²) in [5, 5.41) is 3.57. The zero-order valence-corrected chi connectivity index (χ0v) is 9.72. The number of alkyl halides is 3. The van der Waals surface area contributed by atoms with Gasteiger partial charge >= 0.3 is 6.18 Å². The van der Waals surface area contributed by atoms with E-state index in [2.05, 4.69) is 15.1 Å². The van der Waals surface area contributed by atoms with E-state index in [-0.39, 0.29) is 11.9 Å². The van der Waals surface area contributed by atoms with Gasteiger partial charge in [-0.3, -0.25) is 0 Å². The Hall–Kier alpha value is -2.12. The molecule has 19 heavy (non-hydrogen) atoms. The van der Waals surface area contributed by atoms with Crippen LogP contribution in [0.25, 0.3) is 5.95 Å². The molecule has 0 aliphatic heterocycles. The molecule has 3 rings (SSSR count). The van der Waals surface area contributed by atoms with E-state index in [1.165, 1.54) is 12.4 Å². The van der Waals surface area contributed by atoms with E-state index < -0.39 is 11.9 Å². The predicted octanol–water partition coefficient (Wildman–Crippen LogP) is 2.14. The molecular weight excluding hydrogens is 259 g/mol. The van der Waals surface area contributed by atoms with E-state index in [0.717, 1.165) is 23.6 Å². The van der Waals surface area contributed by atoms with Crippen molar-refractivity contribution in [3.63, 3.8) is 0 Å². The maximum absolute atomic E-state index is 12.7. The van der Waals surface area contributed by atoms with E-state index in [4.69, 9.17) is 5.73 Å². The molecule has 0 saturated heterocycles. The third-order valence-electron chi connectivity index (χ3n) is 2.87. The largest absolute Gasteiger partial charge is 0.435 e. The Balaban J connectivity index is 2.08. The smallest absolute Gasteiger partial charge is 0.396 e. The summed E-state index contributed by atoms with van der Waals surface area (Å²) < 4.78 is 39.3. The average molecular weight is 269 g/mol. The maximum atomic E-state index is 12.7. The molecule has 5 nitrogen and oxygen atoms in total. The fourth-order valence-corrected chi connectivity index (χ4v) is 1.80. The van der Waals surface area contributed by atoms with E-state index in [1.807, 2.05) is 0 Å². The van der Waals surface area contributed by atoms with E-state index >= 15 is 0 Å². The van der Waals surface area contributed by atoms with Crippen LogP contribution in [-0.2, 0) is 6.18 Å². The van der Waals surface area contributed by atoms with Crippen LogP contribution in [0.3, 0.4) is 0 Å². The number of aromatic nitrogens is 4. The van der Waals surface area contributed by atoms with Gasteiger partial charge in [-0.05, 0) is 18.9 Å². The second-order valence-corrected chi connectivity index (χ2v) is 4.45. The van der Waals surface area contributed by atoms with Crippen molar-refractivity contribution in [3.8, 4) is 5.95 Å². The summed E-state index contributed by atoms with van der Waals surface area (Å²) >= 11 is 0. The summed E-state index contributed by atoms with van der Waals surface area (Å²) in [6.07, 6.45) is -0.0689. The molecule has 2 heterocycles. The molecule has 0 atom stereocenters. The number of nitrogens with two attached hydrogens (primary N) is 1. The quantitative estimate of drug-likeness (QED) is 0.906. The van der Waals surface area contributed by atoms with Gasteiger partial charge in [0.25, 0.3) is 5.95 Å². The fourth-order valence-electron chi connectivity index (χ4n) is 1.80. The second-order valence-electron chi connectivity index (χ2n) is 4.45. The molecule has 1 saturated carbocycles. The van der Waals surface area contributed by atoms with E-state index in [9.17, 15) is 13.2 Å². The van der Waals surface area contributed by atoms with Gasteiger partial charge in [-0.25, -0.2) is 14.6 Å². The summed E-state index contributed by atoms with van der Waals surface area (Å²) in [5.74, 6) is 0.205. The number of halogens is 3. The van der Waals surface area contributed by atoms with Crippen molar-refractivity contribution >= 4 is 5.69 Å². The van der Waals surface area contributed by atoms with Crippen molar-refractivity contribution in [2.45, 2.75) is 24.9 Å². The van der Waals surface area contributed by atoms with Crippen LogP contribution in [0.2, 0.25) is 0 Å². The van der Waals surface area contributed by atoms with Crippen molar-refractivity contribution in [2.24, 2.45) is 0 Å². The fraction of sp³-hybridized carbons (Fsp3) is 0.364. The summed E-state index contributed by atoms with van der Waals surface area (Å²) in [7, 11) is 0. The lowest BCUT2D eigenvalue weighted by Gasteiger charge is -2.04. The van der Waals surface area contributed by atoms with Gasteiger partial charge in [0.15, 0.2) is 5.69 Å². The number of anilines is 1. The Labute approximate surface area is 106 Å². The highest BCUT2D eigenvalue weighted by atomic mass is 19.4. The molecule has 1 aliphatic rings. The first-order valence-electron chi connectivity index (χ1n) is 5.70. The number of rotatable bonds is 2. The zero-order chi connectivity index (χ0) is 13.6. The van der Waals surface area contributed by atoms with Gasteiger partial charge in [0, 0.05) is 5.92 Å². The number of nitrogen functional groups attached to an aromatic ring is 1. The van der Waals surface area contributed by atoms with Crippen LogP contribution in [0, 0.1) is 0 Å². The Morgan fingerprint density at radius 1 is 1.21 bits per heavy atom. The van der Waals surface area contributed by atoms with Crippen LogP contribution < -0.4 is 5.73 Å². The number of hydrogen-bond donors (Lipinski definition) is 1. The summed E-state index contributed by atoms with van der Waals surface area (Å²) in [6.45, 7) is 0. The van der Waals surface area contributed by atoms with Gasteiger partial charge in [0.05, 0.1) is 23.8 Å². The summed E-state index contributed by atoms with van der Waals surface area (Å²) in [6, 6.07) is 1.07. The van der Waals surface area contributed by atoms with Crippen LogP contribution in [0.5, 0.6) is 0 Å². The molecule has 0 spiro atoms. The molecule has 0 amide bonds. The first-order valence-corrected chi connectivity index (χ1v) is 5.70. The summed E-state index contributed by atoms with van der Waals surface area (Å²) in [5.41, 5.74) is 5.38. The van der Waals surface area contributed by atoms with E-state index in [0.29, 0.717) is 11.4 Å². The van der Waals surface area contributed by atoms with Crippen molar-refractivity contribution in [3.05, 3.63) is 29.8 Å². The SMILES string of the molecule is Nc1cnc(-n2nc(C(F)(F)F)cc2C2CC2)nc1. The Morgan fingerprint density at radius 3 is 2.37 bits per heavy atom. The van der Waals surface area contributed by atoms with Crippen molar-refractivity contribution < 1.29 is 13.2 Å². The Morgan fingerprint density at radius 2 is 1.84 bits per heavy atom. The van der Waals surface area contributed by atoms with Gasteiger partial charge in [-0.1, -0.05) is 0 Å². The molecule has 0 aromatic carbocycles. The zero-order valence-electron chi connectivity index (χ0n) is 9.72. The van der Waals surface area contributed by atoms with Gasteiger partial charge in [0.1, 0.15) is 0 Å². The van der Waals surface area contributed by atoms with Crippen LogP contribution in [0.4, 0.5) is 18.9 Å². The van der Waals surface area contributed by atoms with Crippen LogP contribution in [0.15, 0.2) is 18.5 Å². The highest BCUT2D eigenvalue weighted by Crippen LogP contribution is 2.42. The molecule has 1 fully saturated rings. The van der Waals surface area contributed by atoms with Crippen LogP contribution in [0.1, 0.15) is 30.1 Å². The first-order chi connectivity index (χ1) is 8.95. The van der Waals surface area contributed by atoms with Crippen LogP contribution >= 0.6 is 0 Å². The van der Waals surface area contributed by atoms with Gasteiger partial charge in [0.2, 0.25) is 0 Å². The molecule has 8 heteroatoms.